The first-order valence-corrected chi connectivity index (χ1v) is 7.89. The van der Waals surface area contributed by atoms with Crippen LogP contribution < -0.4 is 5.32 Å². The molecule has 0 bridgehead atoms. The number of methoxy groups -OCH3 is 1. The molecule has 0 aromatic carbocycles. The highest BCUT2D eigenvalue weighted by atomic mass is 32.2. The van der Waals surface area contributed by atoms with Gasteiger partial charge in [-0.05, 0) is 31.6 Å². The summed E-state index contributed by atoms with van der Waals surface area (Å²) in [6.07, 6.45) is 2.01. The Morgan fingerprint density at radius 2 is 2.00 bits per heavy atom. The second-order valence-electron chi connectivity index (χ2n) is 5.22. The number of hydrogen-bond donors (Lipinski definition) is 1. The predicted molar refractivity (Wildman–Crippen MR) is 80.1 cm³/mol. The van der Waals surface area contributed by atoms with Crippen LogP contribution in [0, 0.1) is 5.92 Å². The van der Waals surface area contributed by atoms with Crippen LogP contribution in [0.15, 0.2) is 0 Å². The summed E-state index contributed by atoms with van der Waals surface area (Å²) in [5.41, 5.74) is -0.564. The maximum atomic E-state index is 11.9. The minimum absolute atomic E-state index is 0.166. The first-order chi connectivity index (χ1) is 8.39. The van der Waals surface area contributed by atoms with E-state index >= 15 is 0 Å². The second-order valence-corrected chi connectivity index (χ2v) is 6.69. The van der Waals surface area contributed by atoms with Crippen molar-refractivity contribution in [1.82, 2.24) is 5.32 Å². The van der Waals surface area contributed by atoms with Gasteiger partial charge in [0.1, 0.15) is 5.54 Å². The number of nitrogens with one attached hydrogen (secondary N) is 1. The Balaban J connectivity index is 4.35. The van der Waals surface area contributed by atoms with E-state index < -0.39 is 5.54 Å². The van der Waals surface area contributed by atoms with Crippen molar-refractivity contribution in [3.05, 3.63) is 0 Å². The van der Waals surface area contributed by atoms with E-state index in [1.165, 1.54) is 13.5 Å². The van der Waals surface area contributed by atoms with Crippen LogP contribution in [0.25, 0.3) is 0 Å². The van der Waals surface area contributed by atoms with Crippen molar-refractivity contribution in [2.24, 2.45) is 5.92 Å². The molecule has 18 heavy (non-hydrogen) atoms. The number of likely N-dealkylation sites (N-methyl/N-ethyl adjacent to an activating group) is 1. The van der Waals surface area contributed by atoms with E-state index in [4.69, 9.17) is 4.74 Å². The molecule has 0 saturated carbocycles. The number of carbonyl (C=O) groups is 1. The molecule has 0 saturated heterocycles. The summed E-state index contributed by atoms with van der Waals surface area (Å²) in [7, 11) is 1.45. The van der Waals surface area contributed by atoms with E-state index in [0.717, 1.165) is 24.6 Å². The molecular formula is C14H29NO2S. The average molecular weight is 275 g/mol. The van der Waals surface area contributed by atoms with E-state index in [-0.39, 0.29) is 5.97 Å². The van der Waals surface area contributed by atoms with Crippen molar-refractivity contribution in [3.63, 3.8) is 0 Å². The maximum Gasteiger partial charge on any atom is 0.325 e. The summed E-state index contributed by atoms with van der Waals surface area (Å²) in [5, 5.41) is 3.70. The quantitative estimate of drug-likeness (QED) is 0.656. The summed E-state index contributed by atoms with van der Waals surface area (Å²) in [5.74, 6) is 1.72. The van der Waals surface area contributed by atoms with Crippen molar-refractivity contribution in [1.29, 1.82) is 0 Å². The third kappa shape index (κ3) is 6.10. The van der Waals surface area contributed by atoms with E-state index in [2.05, 4.69) is 26.1 Å². The van der Waals surface area contributed by atoms with E-state index in [9.17, 15) is 4.79 Å². The van der Waals surface area contributed by atoms with Gasteiger partial charge in [0.05, 0.1) is 7.11 Å². The molecule has 0 aliphatic heterocycles. The third-order valence-electron chi connectivity index (χ3n) is 3.26. The normalized spacial score (nSPS) is 17.9. The van der Waals surface area contributed by atoms with Crippen molar-refractivity contribution < 1.29 is 9.53 Å². The molecule has 0 heterocycles. The molecule has 1 N–H and O–H groups in total. The van der Waals surface area contributed by atoms with Gasteiger partial charge >= 0.3 is 5.97 Å². The summed E-state index contributed by atoms with van der Waals surface area (Å²) >= 11 is 1.94. The average Bonchev–Trinajstić information content (AvgIpc) is 2.34. The first-order valence-electron chi connectivity index (χ1n) is 6.84. The fourth-order valence-electron chi connectivity index (χ4n) is 1.92. The zero-order chi connectivity index (χ0) is 14.2. The lowest BCUT2D eigenvalue weighted by Crippen LogP contribution is -2.51. The standard InChI is InChI=1S/C14H29NO2S/c1-7-11(3)10-18-12(4)9-14(5,15-8-2)13(16)17-6/h11-12,15H,7-10H2,1-6H3. The fraction of sp³-hybridized carbons (Fsp3) is 0.929. The molecule has 0 rings (SSSR count). The van der Waals surface area contributed by atoms with Gasteiger partial charge in [0.25, 0.3) is 0 Å². The Labute approximate surface area is 116 Å². The summed E-state index contributed by atoms with van der Waals surface area (Å²) in [6.45, 7) is 11.4. The lowest BCUT2D eigenvalue weighted by atomic mass is 9.96. The fourth-order valence-corrected chi connectivity index (χ4v) is 3.27. The van der Waals surface area contributed by atoms with Gasteiger partial charge in [-0.3, -0.25) is 4.79 Å². The zero-order valence-corrected chi connectivity index (χ0v) is 13.5. The lowest BCUT2D eigenvalue weighted by molar-refractivity contribution is -0.148. The molecule has 0 fully saturated rings. The molecule has 0 amide bonds. The van der Waals surface area contributed by atoms with Crippen molar-refractivity contribution in [3.8, 4) is 0 Å². The Morgan fingerprint density at radius 1 is 1.39 bits per heavy atom. The molecule has 0 aliphatic rings. The molecule has 0 aromatic rings. The highest BCUT2D eigenvalue weighted by Gasteiger charge is 2.35. The van der Waals surface area contributed by atoms with Crippen molar-refractivity contribution >= 4 is 17.7 Å². The smallest absolute Gasteiger partial charge is 0.325 e. The molecule has 3 unspecified atom stereocenters. The third-order valence-corrected chi connectivity index (χ3v) is 4.76. The van der Waals surface area contributed by atoms with E-state index in [1.807, 2.05) is 25.6 Å². The van der Waals surface area contributed by atoms with Gasteiger partial charge in [-0.15, -0.1) is 0 Å². The van der Waals surface area contributed by atoms with Gasteiger partial charge in [0.15, 0.2) is 0 Å². The molecule has 4 heteroatoms. The molecule has 0 radical (unpaired) electrons. The van der Waals surface area contributed by atoms with Crippen LogP contribution in [0.5, 0.6) is 0 Å². The largest absolute Gasteiger partial charge is 0.468 e. The van der Waals surface area contributed by atoms with Crippen LogP contribution >= 0.6 is 11.8 Å². The lowest BCUT2D eigenvalue weighted by Gasteiger charge is -2.30. The number of carbonyl (C=O) groups excluding carboxylic acids is 1. The molecule has 108 valence electrons. The van der Waals surface area contributed by atoms with Gasteiger partial charge < -0.3 is 10.1 Å². The topological polar surface area (TPSA) is 38.3 Å². The van der Waals surface area contributed by atoms with Crippen LogP contribution in [-0.4, -0.2) is 36.2 Å². The summed E-state index contributed by atoms with van der Waals surface area (Å²) in [4.78, 5) is 11.9. The Hall–Kier alpha value is -0.220. The minimum Gasteiger partial charge on any atom is -0.468 e. The Kier molecular flexibility index (Phi) is 8.70. The van der Waals surface area contributed by atoms with Gasteiger partial charge in [0.2, 0.25) is 0 Å². The Morgan fingerprint density at radius 3 is 2.44 bits per heavy atom. The summed E-state index contributed by atoms with van der Waals surface area (Å²) < 4.78 is 4.90. The van der Waals surface area contributed by atoms with Gasteiger partial charge in [-0.2, -0.15) is 11.8 Å². The van der Waals surface area contributed by atoms with Crippen molar-refractivity contribution in [2.75, 3.05) is 19.4 Å². The van der Waals surface area contributed by atoms with Crippen LogP contribution in [-0.2, 0) is 9.53 Å². The monoisotopic (exact) mass is 275 g/mol. The van der Waals surface area contributed by atoms with Crippen LogP contribution in [0.3, 0.4) is 0 Å². The van der Waals surface area contributed by atoms with E-state index in [1.54, 1.807) is 0 Å². The maximum absolute atomic E-state index is 11.9. The first kappa shape index (κ1) is 17.8. The predicted octanol–water partition coefficient (Wildman–Crippen LogP) is 3.09. The van der Waals surface area contributed by atoms with Crippen LogP contribution in [0.2, 0.25) is 0 Å². The van der Waals surface area contributed by atoms with Gasteiger partial charge in [-0.25, -0.2) is 0 Å². The molecular weight excluding hydrogens is 246 g/mol. The number of ether oxygens (including phenoxy) is 1. The van der Waals surface area contributed by atoms with Gasteiger partial charge in [-0.1, -0.05) is 34.1 Å². The van der Waals surface area contributed by atoms with Crippen molar-refractivity contribution in [2.45, 2.75) is 58.2 Å². The molecule has 0 aromatic heterocycles. The molecule has 0 spiro atoms. The zero-order valence-electron chi connectivity index (χ0n) is 12.7. The summed E-state index contributed by atoms with van der Waals surface area (Å²) in [6, 6.07) is 0. The van der Waals surface area contributed by atoms with Crippen LogP contribution in [0.4, 0.5) is 0 Å². The van der Waals surface area contributed by atoms with E-state index in [0.29, 0.717) is 5.25 Å². The Bertz CT molecular complexity index is 248. The second kappa shape index (κ2) is 8.81. The molecule has 3 atom stereocenters. The molecule has 0 aliphatic carbocycles. The SMILES string of the molecule is CCNC(C)(CC(C)SCC(C)CC)C(=O)OC. The number of hydrogen-bond acceptors (Lipinski definition) is 4. The molecule has 3 nitrogen and oxygen atoms in total. The van der Waals surface area contributed by atoms with Gasteiger partial charge in [0, 0.05) is 5.25 Å². The highest BCUT2D eigenvalue weighted by Crippen LogP contribution is 2.25. The number of thioether (sulfide) groups is 1. The number of rotatable bonds is 9. The number of esters is 1. The highest BCUT2D eigenvalue weighted by molar-refractivity contribution is 7.99. The van der Waals surface area contributed by atoms with Crippen LogP contribution in [0.1, 0.15) is 47.5 Å². The minimum atomic E-state index is -0.564.